The van der Waals surface area contributed by atoms with Gasteiger partial charge < -0.3 is 0 Å². The standard InChI is InChI=1S/C20H16BrN5O2/c21-10-4-6-11(7-5-10)26-18-13-9-12(17(18)23-24-26)15-16(13)20(28)25(19(15)27)14-3-1-2-8-22-14/h1-8,12-13,15-18H,9H2/t12-,13+,15-,16+,17+,18+/m1/s1. The van der Waals surface area contributed by atoms with Gasteiger partial charge in [0.1, 0.15) is 5.82 Å². The van der Waals surface area contributed by atoms with Gasteiger partial charge in [0.15, 0.2) is 0 Å². The van der Waals surface area contributed by atoms with Crippen LogP contribution in [0.5, 0.6) is 0 Å². The zero-order valence-corrected chi connectivity index (χ0v) is 16.3. The quantitative estimate of drug-likeness (QED) is 0.675. The second-order valence-corrected chi connectivity index (χ2v) is 8.74. The van der Waals surface area contributed by atoms with Crippen molar-refractivity contribution < 1.29 is 9.59 Å². The largest absolute Gasteiger partial charge is 0.274 e. The monoisotopic (exact) mass is 437 g/mol. The van der Waals surface area contributed by atoms with E-state index < -0.39 is 0 Å². The molecule has 1 aromatic heterocycles. The fourth-order valence-corrected chi connectivity index (χ4v) is 5.88. The third kappa shape index (κ3) is 2.01. The number of hydrogen-bond acceptors (Lipinski definition) is 6. The number of carbonyl (C=O) groups excluding carboxylic acids is 2. The molecule has 2 aromatic rings. The molecule has 0 N–H and O–H groups in total. The molecular weight excluding hydrogens is 422 g/mol. The van der Waals surface area contributed by atoms with Crippen LogP contribution in [0.15, 0.2) is 63.5 Å². The Balaban J connectivity index is 1.36. The van der Waals surface area contributed by atoms with Crippen molar-refractivity contribution in [2.75, 3.05) is 9.91 Å². The van der Waals surface area contributed by atoms with Crippen LogP contribution in [-0.2, 0) is 9.59 Å². The van der Waals surface area contributed by atoms with E-state index in [9.17, 15) is 9.59 Å². The molecular formula is C20H16BrN5O2. The number of anilines is 2. The van der Waals surface area contributed by atoms with Crippen LogP contribution in [0.3, 0.4) is 0 Å². The predicted octanol–water partition coefficient (Wildman–Crippen LogP) is 3.22. The number of fused-ring (bicyclic) bond motifs is 8. The number of amides is 2. The van der Waals surface area contributed by atoms with Crippen LogP contribution >= 0.6 is 15.9 Å². The summed E-state index contributed by atoms with van der Waals surface area (Å²) in [4.78, 5) is 31.9. The Bertz CT molecular complexity index is 1010. The van der Waals surface area contributed by atoms with Gasteiger partial charge in [-0.25, -0.2) is 14.9 Å². The lowest BCUT2D eigenvalue weighted by atomic mass is 9.76. The van der Waals surface area contributed by atoms with Crippen molar-refractivity contribution in [2.45, 2.75) is 18.5 Å². The number of nitrogens with zero attached hydrogens (tertiary/aromatic N) is 5. The van der Waals surface area contributed by atoms with Crippen LogP contribution in [0.4, 0.5) is 11.5 Å². The van der Waals surface area contributed by atoms with E-state index in [4.69, 9.17) is 0 Å². The van der Waals surface area contributed by atoms with Crippen molar-refractivity contribution in [3.8, 4) is 0 Å². The Morgan fingerprint density at radius 3 is 2.43 bits per heavy atom. The molecule has 28 heavy (non-hydrogen) atoms. The van der Waals surface area contributed by atoms with Crippen LogP contribution in [-0.4, -0.2) is 28.9 Å². The van der Waals surface area contributed by atoms with Crippen LogP contribution in [0.1, 0.15) is 6.42 Å². The summed E-state index contributed by atoms with van der Waals surface area (Å²) < 4.78 is 1.000. The fraction of sp³-hybridized carbons (Fsp3) is 0.350. The van der Waals surface area contributed by atoms with Crippen molar-refractivity contribution in [3.63, 3.8) is 0 Å². The Morgan fingerprint density at radius 1 is 0.964 bits per heavy atom. The number of aromatic nitrogens is 1. The van der Waals surface area contributed by atoms with E-state index in [1.807, 2.05) is 29.3 Å². The number of imide groups is 1. The highest BCUT2D eigenvalue weighted by Crippen LogP contribution is 2.60. The van der Waals surface area contributed by atoms with E-state index >= 15 is 0 Å². The average molecular weight is 438 g/mol. The minimum absolute atomic E-state index is 0.0321. The molecule has 0 unspecified atom stereocenters. The normalized spacial score (nSPS) is 35.0. The molecule has 2 saturated carbocycles. The topological polar surface area (TPSA) is 78.2 Å². The van der Waals surface area contributed by atoms with Crippen molar-refractivity contribution in [1.82, 2.24) is 4.98 Å². The van der Waals surface area contributed by atoms with Gasteiger partial charge in [-0.1, -0.05) is 27.2 Å². The number of halogens is 1. The van der Waals surface area contributed by atoms with E-state index in [1.165, 1.54) is 4.90 Å². The Labute approximate surface area is 169 Å². The minimum atomic E-state index is -0.304. The van der Waals surface area contributed by atoms with Gasteiger partial charge in [0, 0.05) is 10.7 Å². The third-order valence-corrected chi connectivity index (χ3v) is 7.15. The Morgan fingerprint density at radius 2 is 1.71 bits per heavy atom. The summed E-state index contributed by atoms with van der Waals surface area (Å²) >= 11 is 3.46. The van der Waals surface area contributed by atoms with Crippen LogP contribution in [0.2, 0.25) is 0 Å². The van der Waals surface area contributed by atoms with Crippen molar-refractivity contribution in [2.24, 2.45) is 34.0 Å². The molecule has 6 rings (SSSR count). The highest BCUT2D eigenvalue weighted by atomic mass is 79.9. The van der Waals surface area contributed by atoms with Crippen LogP contribution in [0, 0.1) is 23.7 Å². The maximum atomic E-state index is 13.2. The number of hydrogen-bond donors (Lipinski definition) is 0. The van der Waals surface area contributed by atoms with E-state index in [0.29, 0.717) is 5.82 Å². The van der Waals surface area contributed by atoms with Gasteiger partial charge in [-0.05, 0) is 54.7 Å². The Hall–Kier alpha value is -2.61. The van der Waals surface area contributed by atoms with E-state index in [-0.39, 0.29) is 47.6 Å². The SMILES string of the molecule is O=C1[C@@H]2[C@H]3C[C@@H]([C@@H]2C(=O)N1c1ccccn1)[C@H]1[C@H]3N=NN1c1ccc(Br)cc1. The molecule has 1 saturated heterocycles. The molecule has 2 bridgehead atoms. The summed E-state index contributed by atoms with van der Waals surface area (Å²) in [5.41, 5.74) is 0.960. The molecule has 1 aromatic carbocycles. The maximum Gasteiger partial charge on any atom is 0.239 e. The lowest BCUT2D eigenvalue weighted by Gasteiger charge is -2.33. The summed E-state index contributed by atoms with van der Waals surface area (Å²) in [6, 6.07) is 13.2. The minimum Gasteiger partial charge on any atom is -0.274 e. The molecule has 0 radical (unpaired) electrons. The lowest BCUT2D eigenvalue weighted by Crippen LogP contribution is -2.47. The third-order valence-electron chi connectivity index (χ3n) is 6.63. The van der Waals surface area contributed by atoms with E-state index in [0.717, 1.165) is 16.6 Å². The van der Waals surface area contributed by atoms with Gasteiger partial charge in [0.25, 0.3) is 0 Å². The number of pyridine rings is 1. The Kier molecular flexibility index (Phi) is 3.33. The van der Waals surface area contributed by atoms with Gasteiger partial charge in [-0.2, -0.15) is 5.11 Å². The first-order valence-corrected chi connectivity index (χ1v) is 10.2. The smallest absolute Gasteiger partial charge is 0.239 e. The van der Waals surface area contributed by atoms with Gasteiger partial charge in [0.2, 0.25) is 11.8 Å². The summed E-state index contributed by atoms with van der Waals surface area (Å²) in [5, 5.41) is 10.9. The molecule has 3 fully saturated rings. The lowest BCUT2D eigenvalue weighted by molar-refractivity contribution is -0.123. The number of rotatable bonds is 2. The highest BCUT2D eigenvalue weighted by Gasteiger charge is 2.70. The van der Waals surface area contributed by atoms with Gasteiger partial charge in [-0.3, -0.25) is 9.59 Å². The molecule has 8 heteroatoms. The summed E-state index contributed by atoms with van der Waals surface area (Å²) in [6.07, 6.45) is 2.46. The van der Waals surface area contributed by atoms with Gasteiger partial charge >= 0.3 is 0 Å². The molecule has 2 amide bonds. The van der Waals surface area contributed by atoms with Crippen molar-refractivity contribution in [1.29, 1.82) is 0 Å². The fourth-order valence-electron chi connectivity index (χ4n) is 5.61. The molecule has 4 aliphatic rings. The summed E-state index contributed by atoms with van der Waals surface area (Å²) in [7, 11) is 0. The highest BCUT2D eigenvalue weighted by molar-refractivity contribution is 9.10. The first-order chi connectivity index (χ1) is 13.6. The first kappa shape index (κ1) is 16.4. The first-order valence-electron chi connectivity index (χ1n) is 9.39. The molecule has 2 aliphatic carbocycles. The molecule has 140 valence electrons. The second-order valence-electron chi connectivity index (χ2n) is 7.82. The van der Waals surface area contributed by atoms with Gasteiger partial charge in [0.05, 0.1) is 29.6 Å². The van der Waals surface area contributed by atoms with Crippen molar-refractivity contribution >= 4 is 39.2 Å². The summed E-state index contributed by atoms with van der Waals surface area (Å²) in [6.45, 7) is 0. The van der Waals surface area contributed by atoms with E-state index in [1.54, 1.807) is 24.4 Å². The maximum absolute atomic E-state index is 13.2. The zero-order valence-electron chi connectivity index (χ0n) is 14.7. The van der Waals surface area contributed by atoms with Crippen LogP contribution in [0.25, 0.3) is 0 Å². The van der Waals surface area contributed by atoms with Gasteiger partial charge in [-0.15, -0.1) is 0 Å². The number of carbonyl (C=O) groups is 2. The predicted molar refractivity (Wildman–Crippen MR) is 104 cm³/mol. The molecule has 2 aliphatic heterocycles. The summed E-state index contributed by atoms with van der Waals surface area (Å²) in [5.74, 6) is -0.299. The molecule has 6 atom stereocenters. The molecule has 7 nitrogen and oxygen atoms in total. The van der Waals surface area contributed by atoms with Crippen LogP contribution < -0.4 is 9.91 Å². The molecule has 0 spiro atoms. The second kappa shape index (κ2) is 5.70. The zero-order chi connectivity index (χ0) is 19.0. The molecule has 3 heterocycles. The number of benzene rings is 1. The average Bonchev–Trinajstić information content (AvgIpc) is 3.44. The van der Waals surface area contributed by atoms with E-state index in [2.05, 4.69) is 31.3 Å². The van der Waals surface area contributed by atoms with Crippen molar-refractivity contribution in [3.05, 3.63) is 53.1 Å².